The van der Waals surface area contributed by atoms with E-state index in [1.807, 2.05) is 30.3 Å². The maximum Gasteiger partial charge on any atom is 0.408 e. The van der Waals surface area contributed by atoms with Crippen molar-refractivity contribution in [3.63, 3.8) is 0 Å². The molecule has 5 N–H and O–H groups in total. The number of amides is 4. The zero-order valence-electron chi connectivity index (χ0n) is 22.2. The van der Waals surface area contributed by atoms with Crippen LogP contribution in [0.2, 0.25) is 0 Å². The molecule has 4 amide bonds. The Morgan fingerprint density at radius 2 is 1.74 bits per heavy atom. The fourth-order valence-corrected chi connectivity index (χ4v) is 4.10. The van der Waals surface area contributed by atoms with Gasteiger partial charge in [0.25, 0.3) is 0 Å². The topological polar surface area (TPSA) is 151 Å². The summed E-state index contributed by atoms with van der Waals surface area (Å²) in [6.45, 7) is 6.90. The van der Waals surface area contributed by atoms with Crippen molar-refractivity contribution in [2.24, 2.45) is 5.73 Å². The first-order valence-corrected chi connectivity index (χ1v) is 12.6. The fourth-order valence-electron chi connectivity index (χ4n) is 4.10. The highest BCUT2D eigenvalue weighted by Crippen LogP contribution is 2.39. The molecule has 3 rings (SSSR count). The number of carbonyl (C=O) groups is 4. The van der Waals surface area contributed by atoms with E-state index in [4.69, 9.17) is 10.5 Å². The smallest absolute Gasteiger partial charge is 0.408 e. The number of para-hydroxylation sites is 1. The fraction of sp³-hybridized carbons (Fsp3) is 0.429. The van der Waals surface area contributed by atoms with Crippen LogP contribution in [-0.2, 0) is 25.7 Å². The number of ether oxygens (including phenoxy) is 1. The summed E-state index contributed by atoms with van der Waals surface area (Å²) in [7, 11) is 0. The van der Waals surface area contributed by atoms with Gasteiger partial charge in [0.1, 0.15) is 23.4 Å². The molecule has 0 bridgehead atoms. The Morgan fingerprint density at radius 3 is 2.32 bits per heavy atom. The molecule has 204 valence electrons. The van der Waals surface area contributed by atoms with Crippen LogP contribution in [-0.4, -0.2) is 51.5 Å². The Kier molecular flexibility index (Phi) is 8.98. The number of nitrogens with two attached hydrogens (primary N) is 1. The number of alkyl carbamates (subject to hydrolysis) is 1. The lowest BCUT2D eigenvalue weighted by Crippen LogP contribution is -2.54. The average Bonchev–Trinajstić information content (AvgIpc) is 3.66. The maximum absolute atomic E-state index is 13.9. The van der Waals surface area contributed by atoms with Crippen molar-refractivity contribution < 1.29 is 29.0 Å². The molecule has 1 aliphatic rings. The number of nitrogens with zero attached hydrogens (tertiary/aromatic N) is 1. The van der Waals surface area contributed by atoms with Gasteiger partial charge in [-0.05, 0) is 51.7 Å². The largest absolute Gasteiger partial charge is 0.507 e. The molecule has 1 aliphatic carbocycles. The Hall–Kier alpha value is -4.08. The minimum atomic E-state index is -1.36. The molecule has 0 heterocycles. The second-order valence-electron chi connectivity index (χ2n) is 10.5. The Labute approximate surface area is 222 Å². The van der Waals surface area contributed by atoms with Crippen LogP contribution in [0.25, 0.3) is 0 Å². The van der Waals surface area contributed by atoms with Crippen LogP contribution in [0, 0.1) is 6.92 Å². The van der Waals surface area contributed by atoms with Crippen LogP contribution < -0.4 is 16.4 Å². The van der Waals surface area contributed by atoms with Crippen LogP contribution >= 0.6 is 0 Å². The highest BCUT2D eigenvalue weighted by molar-refractivity contribution is 5.95. The molecule has 2 unspecified atom stereocenters. The van der Waals surface area contributed by atoms with Crippen molar-refractivity contribution in [3.8, 4) is 5.75 Å². The molecule has 38 heavy (non-hydrogen) atoms. The van der Waals surface area contributed by atoms with Gasteiger partial charge in [0.2, 0.25) is 17.7 Å². The number of rotatable bonds is 10. The number of carbonyl (C=O) groups excluding carboxylic acids is 4. The molecule has 0 saturated heterocycles. The average molecular weight is 525 g/mol. The lowest BCUT2D eigenvalue weighted by Gasteiger charge is -2.35. The number of phenolic OH excluding ortho intramolecular Hbond substituents is 1. The van der Waals surface area contributed by atoms with E-state index in [0.717, 1.165) is 5.56 Å². The highest BCUT2D eigenvalue weighted by Gasteiger charge is 2.45. The minimum absolute atomic E-state index is 0.114. The lowest BCUT2D eigenvalue weighted by atomic mass is 9.98. The van der Waals surface area contributed by atoms with Crippen LogP contribution in [0.3, 0.4) is 0 Å². The van der Waals surface area contributed by atoms with Gasteiger partial charge >= 0.3 is 6.09 Å². The van der Waals surface area contributed by atoms with Gasteiger partial charge < -0.3 is 31.1 Å². The van der Waals surface area contributed by atoms with E-state index in [2.05, 4.69) is 10.6 Å². The summed E-state index contributed by atoms with van der Waals surface area (Å²) in [6, 6.07) is 11.3. The first-order valence-electron chi connectivity index (χ1n) is 12.6. The van der Waals surface area contributed by atoms with E-state index in [1.165, 1.54) is 4.90 Å². The first-order chi connectivity index (χ1) is 17.9. The number of nitrogens with one attached hydrogen (secondary N) is 2. The number of aryl methyl sites for hydroxylation is 1. The van der Waals surface area contributed by atoms with E-state index in [-0.39, 0.29) is 23.9 Å². The van der Waals surface area contributed by atoms with E-state index >= 15 is 0 Å². The van der Waals surface area contributed by atoms with Gasteiger partial charge in [0, 0.05) is 18.2 Å². The summed E-state index contributed by atoms with van der Waals surface area (Å²) < 4.78 is 5.28. The van der Waals surface area contributed by atoms with E-state index < -0.39 is 47.9 Å². The van der Waals surface area contributed by atoms with Crippen LogP contribution in [0.5, 0.6) is 5.75 Å². The molecule has 0 radical (unpaired) electrons. The van der Waals surface area contributed by atoms with Gasteiger partial charge in [0.15, 0.2) is 0 Å². The monoisotopic (exact) mass is 524 g/mol. The van der Waals surface area contributed by atoms with Crippen molar-refractivity contribution in [1.29, 1.82) is 0 Å². The molecule has 2 aromatic carbocycles. The van der Waals surface area contributed by atoms with Crippen molar-refractivity contribution in [3.05, 3.63) is 65.2 Å². The van der Waals surface area contributed by atoms with Gasteiger partial charge in [0.05, 0.1) is 6.42 Å². The highest BCUT2D eigenvalue weighted by atomic mass is 16.6. The van der Waals surface area contributed by atoms with Gasteiger partial charge in [-0.3, -0.25) is 14.4 Å². The molecule has 10 nitrogen and oxygen atoms in total. The zero-order valence-corrected chi connectivity index (χ0v) is 22.2. The number of benzene rings is 2. The third kappa shape index (κ3) is 7.71. The molecule has 2 aromatic rings. The van der Waals surface area contributed by atoms with Gasteiger partial charge in [-0.1, -0.05) is 48.5 Å². The van der Waals surface area contributed by atoms with Gasteiger partial charge in [-0.2, -0.15) is 0 Å². The molecule has 1 fully saturated rings. The Morgan fingerprint density at radius 1 is 1.08 bits per heavy atom. The second-order valence-corrected chi connectivity index (χ2v) is 10.5. The van der Waals surface area contributed by atoms with Crippen molar-refractivity contribution in [2.45, 2.75) is 77.2 Å². The van der Waals surface area contributed by atoms with Crippen LogP contribution in [0.4, 0.5) is 4.79 Å². The second kappa shape index (κ2) is 12.0. The summed E-state index contributed by atoms with van der Waals surface area (Å²) in [5, 5.41) is 16.2. The first kappa shape index (κ1) is 28.5. The summed E-state index contributed by atoms with van der Waals surface area (Å²) in [6.07, 6.45) is -0.136. The molecule has 1 saturated carbocycles. The number of aromatic hydroxyl groups is 1. The lowest BCUT2D eigenvalue weighted by molar-refractivity contribution is -0.144. The Balaban J connectivity index is 1.98. The minimum Gasteiger partial charge on any atom is -0.507 e. The van der Waals surface area contributed by atoms with Crippen molar-refractivity contribution in [1.82, 2.24) is 15.5 Å². The molecular weight excluding hydrogens is 488 g/mol. The molecule has 0 spiro atoms. The van der Waals surface area contributed by atoms with Crippen LogP contribution in [0.15, 0.2) is 48.5 Å². The summed E-state index contributed by atoms with van der Waals surface area (Å²) in [5.74, 6) is -2.10. The zero-order chi connectivity index (χ0) is 28.0. The van der Waals surface area contributed by atoms with Crippen molar-refractivity contribution >= 4 is 23.8 Å². The Bertz CT molecular complexity index is 1170. The molecule has 10 heteroatoms. The SMILES string of the molecule is Cc1cccc(C(C(=O)NCc2ccccc2)N(C(=O)C(CC(N)=O)NC(=O)OC(C)(C)C)C2CC2)c1O. The van der Waals surface area contributed by atoms with E-state index in [0.29, 0.717) is 18.4 Å². The summed E-state index contributed by atoms with van der Waals surface area (Å²) >= 11 is 0. The third-order valence-corrected chi connectivity index (χ3v) is 5.99. The van der Waals surface area contributed by atoms with Crippen LogP contribution in [0.1, 0.15) is 62.8 Å². The third-order valence-electron chi connectivity index (χ3n) is 5.99. The predicted octanol–water partition coefficient (Wildman–Crippen LogP) is 2.82. The maximum atomic E-state index is 13.9. The van der Waals surface area contributed by atoms with Gasteiger partial charge in [-0.25, -0.2) is 4.79 Å². The summed E-state index contributed by atoms with van der Waals surface area (Å²) in [4.78, 5) is 53.4. The quantitative estimate of drug-likeness (QED) is 0.375. The number of hydrogen-bond donors (Lipinski definition) is 4. The molecule has 0 aliphatic heterocycles. The normalized spacial score (nSPS) is 14.6. The predicted molar refractivity (Wildman–Crippen MR) is 141 cm³/mol. The van der Waals surface area contributed by atoms with E-state index in [1.54, 1.807) is 45.9 Å². The number of hydrogen-bond acceptors (Lipinski definition) is 6. The van der Waals surface area contributed by atoms with Crippen molar-refractivity contribution in [2.75, 3.05) is 0 Å². The standard InChI is InChI=1S/C28H36N4O6/c1-17-9-8-12-20(24(17)34)23(25(35)30-16-18-10-6-5-7-11-18)32(19-13-14-19)26(36)21(15-22(29)33)31-27(37)38-28(2,3)4/h5-12,19,21,23,34H,13-16H2,1-4H3,(H2,29,33)(H,30,35)(H,31,37). The molecule has 0 aromatic heterocycles. The summed E-state index contributed by atoms with van der Waals surface area (Å²) in [5.41, 5.74) is 6.20. The molecule has 2 atom stereocenters. The number of phenols is 1. The molecular formula is C28H36N4O6. The van der Waals surface area contributed by atoms with E-state index in [9.17, 15) is 24.3 Å². The van der Waals surface area contributed by atoms with Gasteiger partial charge in [-0.15, -0.1) is 0 Å². The number of primary amides is 1.